The van der Waals surface area contributed by atoms with E-state index in [2.05, 4.69) is 38.8 Å². The summed E-state index contributed by atoms with van der Waals surface area (Å²) < 4.78 is 27.8. The summed E-state index contributed by atoms with van der Waals surface area (Å²) in [6, 6.07) is 12.4. The molecule has 3 aromatic rings. The number of aromatic nitrogens is 2. The quantitative estimate of drug-likeness (QED) is 0.544. The molecule has 0 spiro atoms. The molecular weight excluding hydrogens is 406 g/mol. The number of anilines is 4. The van der Waals surface area contributed by atoms with Crippen molar-refractivity contribution >= 4 is 44.5 Å². The molecule has 0 aliphatic heterocycles. The fraction of sp³-hybridized carbons (Fsp3) is 0.300. The third kappa shape index (κ3) is 5.24. The molecule has 7 nitrogen and oxygen atoms in total. The number of thiophene rings is 1. The van der Waals surface area contributed by atoms with Crippen LogP contribution in [0.4, 0.5) is 23.1 Å². The van der Waals surface area contributed by atoms with Crippen molar-refractivity contribution in [2.45, 2.75) is 31.9 Å². The topological polar surface area (TPSA) is 87.2 Å². The van der Waals surface area contributed by atoms with Gasteiger partial charge in [-0.3, -0.25) is 4.72 Å². The van der Waals surface area contributed by atoms with Crippen molar-refractivity contribution < 1.29 is 8.42 Å². The van der Waals surface area contributed by atoms with Crippen LogP contribution in [0.3, 0.4) is 0 Å². The number of rotatable bonds is 8. The van der Waals surface area contributed by atoms with E-state index in [1.807, 2.05) is 19.9 Å². The molecule has 1 aromatic carbocycles. The van der Waals surface area contributed by atoms with Crippen LogP contribution in [0.25, 0.3) is 0 Å². The van der Waals surface area contributed by atoms with E-state index in [-0.39, 0.29) is 0 Å². The lowest BCUT2D eigenvalue weighted by molar-refractivity contribution is 0.603. The largest absolute Gasteiger partial charge is 0.357 e. The zero-order valence-electron chi connectivity index (χ0n) is 16.9. The molecule has 0 aliphatic rings. The van der Waals surface area contributed by atoms with Crippen LogP contribution in [-0.2, 0) is 10.0 Å². The molecule has 0 atom stereocenters. The fourth-order valence-corrected chi connectivity index (χ4v) is 5.17. The Morgan fingerprint density at radius 1 is 0.966 bits per heavy atom. The van der Waals surface area contributed by atoms with Gasteiger partial charge in [0.25, 0.3) is 10.0 Å². The van der Waals surface area contributed by atoms with Gasteiger partial charge in [0.1, 0.15) is 10.0 Å². The van der Waals surface area contributed by atoms with Crippen molar-refractivity contribution in [2.24, 2.45) is 0 Å². The van der Waals surface area contributed by atoms with Gasteiger partial charge < -0.3 is 10.2 Å². The van der Waals surface area contributed by atoms with Crippen molar-refractivity contribution in [3.05, 3.63) is 53.0 Å². The Balaban J connectivity index is 1.74. The predicted molar refractivity (Wildman–Crippen MR) is 120 cm³/mol. The lowest BCUT2D eigenvalue weighted by Crippen LogP contribution is -2.23. The average molecular weight is 432 g/mol. The van der Waals surface area contributed by atoms with Gasteiger partial charge in [0, 0.05) is 41.1 Å². The van der Waals surface area contributed by atoms with Gasteiger partial charge in [0.15, 0.2) is 0 Å². The van der Waals surface area contributed by atoms with Crippen LogP contribution in [0, 0.1) is 13.8 Å². The molecule has 154 valence electrons. The van der Waals surface area contributed by atoms with E-state index in [0.717, 1.165) is 35.2 Å². The fourth-order valence-electron chi connectivity index (χ4n) is 2.83. The first kappa shape index (κ1) is 21.1. The maximum absolute atomic E-state index is 12.4. The SMILES string of the molecule is CCN(CC)c1cc(C)nc(Nc2ccc(NS(=O)(=O)c3ccc(C)s3)cc2)n1. The van der Waals surface area contributed by atoms with Gasteiger partial charge >= 0.3 is 0 Å². The van der Waals surface area contributed by atoms with Crippen molar-refractivity contribution in [3.8, 4) is 0 Å². The number of sulfonamides is 1. The molecule has 29 heavy (non-hydrogen) atoms. The third-order valence-electron chi connectivity index (χ3n) is 4.30. The molecule has 2 aromatic heterocycles. The Bertz CT molecular complexity index is 1070. The van der Waals surface area contributed by atoms with Crippen LogP contribution >= 0.6 is 11.3 Å². The van der Waals surface area contributed by atoms with E-state index >= 15 is 0 Å². The first-order valence-electron chi connectivity index (χ1n) is 9.37. The van der Waals surface area contributed by atoms with E-state index in [4.69, 9.17) is 0 Å². The Hall–Kier alpha value is -2.65. The van der Waals surface area contributed by atoms with Crippen LogP contribution in [0.2, 0.25) is 0 Å². The highest BCUT2D eigenvalue weighted by molar-refractivity contribution is 7.94. The summed E-state index contributed by atoms with van der Waals surface area (Å²) in [5.74, 6) is 1.38. The summed E-state index contributed by atoms with van der Waals surface area (Å²) in [5.41, 5.74) is 2.15. The standard InChI is InChI=1S/C20H25N5O2S2/c1-5-25(6-2)18-13-14(3)21-20(23-18)22-16-8-10-17(11-9-16)24-29(26,27)19-12-7-15(4)28-19/h7-13,24H,5-6H2,1-4H3,(H,21,22,23). The smallest absolute Gasteiger partial charge is 0.271 e. The molecule has 0 unspecified atom stereocenters. The molecule has 0 radical (unpaired) electrons. The molecule has 0 saturated carbocycles. The minimum atomic E-state index is -3.57. The number of nitrogens with zero attached hydrogens (tertiary/aromatic N) is 3. The minimum Gasteiger partial charge on any atom is -0.357 e. The van der Waals surface area contributed by atoms with Crippen molar-refractivity contribution in [1.82, 2.24) is 9.97 Å². The van der Waals surface area contributed by atoms with Gasteiger partial charge in [-0.2, -0.15) is 4.98 Å². The molecule has 9 heteroatoms. The molecule has 0 amide bonds. The number of aryl methyl sites for hydroxylation is 2. The van der Waals surface area contributed by atoms with Crippen LogP contribution in [0.15, 0.2) is 46.7 Å². The lowest BCUT2D eigenvalue weighted by atomic mass is 10.3. The number of hydrogen-bond donors (Lipinski definition) is 2. The summed E-state index contributed by atoms with van der Waals surface area (Å²) in [4.78, 5) is 12.1. The summed E-state index contributed by atoms with van der Waals surface area (Å²) >= 11 is 1.24. The average Bonchev–Trinajstić information content (AvgIpc) is 3.11. The summed E-state index contributed by atoms with van der Waals surface area (Å²) in [5, 5.41) is 3.19. The Morgan fingerprint density at radius 3 is 2.21 bits per heavy atom. The molecule has 2 heterocycles. The van der Waals surface area contributed by atoms with Gasteiger partial charge in [-0.05, 0) is 64.1 Å². The molecule has 0 aliphatic carbocycles. The van der Waals surface area contributed by atoms with Crippen molar-refractivity contribution in [3.63, 3.8) is 0 Å². The first-order valence-corrected chi connectivity index (χ1v) is 11.7. The molecule has 2 N–H and O–H groups in total. The zero-order valence-corrected chi connectivity index (χ0v) is 18.6. The number of benzene rings is 1. The number of hydrogen-bond acceptors (Lipinski definition) is 7. The van der Waals surface area contributed by atoms with E-state index in [9.17, 15) is 8.42 Å². The van der Waals surface area contributed by atoms with E-state index < -0.39 is 10.0 Å². The van der Waals surface area contributed by atoms with Gasteiger partial charge in [0.2, 0.25) is 5.95 Å². The zero-order chi connectivity index (χ0) is 21.0. The second-order valence-electron chi connectivity index (χ2n) is 6.54. The van der Waals surface area contributed by atoms with E-state index in [1.54, 1.807) is 36.4 Å². The van der Waals surface area contributed by atoms with E-state index in [1.165, 1.54) is 11.3 Å². The summed E-state index contributed by atoms with van der Waals surface area (Å²) in [6.07, 6.45) is 0. The predicted octanol–water partition coefficient (Wildman–Crippen LogP) is 4.55. The lowest BCUT2D eigenvalue weighted by Gasteiger charge is -2.20. The molecule has 0 fully saturated rings. The van der Waals surface area contributed by atoms with Crippen molar-refractivity contribution in [2.75, 3.05) is 28.0 Å². The van der Waals surface area contributed by atoms with Crippen LogP contribution in [0.1, 0.15) is 24.4 Å². The highest BCUT2D eigenvalue weighted by Gasteiger charge is 2.16. The molecule has 0 bridgehead atoms. The Morgan fingerprint density at radius 2 is 1.62 bits per heavy atom. The minimum absolute atomic E-state index is 0.300. The van der Waals surface area contributed by atoms with Crippen molar-refractivity contribution in [1.29, 1.82) is 0 Å². The van der Waals surface area contributed by atoms with Gasteiger partial charge in [-0.1, -0.05) is 0 Å². The Labute approximate surface area is 175 Å². The summed E-state index contributed by atoms with van der Waals surface area (Å²) in [7, 11) is -3.57. The monoisotopic (exact) mass is 431 g/mol. The maximum atomic E-state index is 12.4. The van der Waals surface area contributed by atoms with Crippen LogP contribution < -0.4 is 14.9 Å². The molecular formula is C20H25N5O2S2. The van der Waals surface area contributed by atoms with Crippen LogP contribution in [-0.4, -0.2) is 31.5 Å². The van der Waals surface area contributed by atoms with E-state index in [0.29, 0.717) is 15.8 Å². The second-order valence-corrected chi connectivity index (χ2v) is 9.73. The van der Waals surface area contributed by atoms with Gasteiger partial charge in [-0.25, -0.2) is 13.4 Å². The highest BCUT2D eigenvalue weighted by Crippen LogP contribution is 2.25. The summed E-state index contributed by atoms with van der Waals surface area (Å²) in [6.45, 7) is 9.72. The molecule has 3 rings (SSSR count). The first-order chi connectivity index (χ1) is 13.8. The van der Waals surface area contributed by atoms with Gasteiger partial charge in [0.05, 0.1) is 0 Å². The maximum Gasteiger partial charge on any atom is 0.271 e. The van der Waals surface area contributed by atoms with Gasteiger partial charge in [-0.15, -0.1) is 11.3 Å². The van der Waals surface area contributed by atoms with Crippen LogP contribution in [0.5, 0.6) is 0 Å². The highest BCUT2D eigenvalue weighted by atomic mass is 32.2. The molecule has 0 saturated heterocycles. The second kappa shape index (κ2) is 8.79. The third-order valence-corrected chi connectivity index (χ3v) is 7.18. The normalized spacial score (nSPS) is 11.3. The number of nitrogens with one attached hydrogen (secondary N) is 2. The Kier molecular flexibility index (Phi) is 6.39.